The summed E-state index contributed by atoms with van der Waals surface area (Å²) in [7, 11) is 3.83. The number of nitrogens with zero attached hydrogens (tertiary/aromatic N) is 4. The second-order valence-electron chi connectivity index (χ2n) is 7.79. The topological polar surface area (TPSA) is 70.6 Å². The number of anilines is 1. The molecule has 9 heteroatoms. The molecule has 31 heavy (non-hydrogen) atoms. The Morgan fingerprint density at radius 1 is 1.26 bits per heavy atom. The Labute approximate surface area is 193 Å². The zero-order chi connectivity index (χ0) is 22.4. The Balaban J connectivity index is 1.61. The Hall–Kier alpha value is -1.93. The number of ether oxygens (including phenoxy) is 1. The molecule has 1 aliphatic rings. The number of nitrogens with one attached hydrogen (secondary N) is 1. The number of likely N-dealkylation sites (tertiary alicyclic amines) is 1. The third-order valence-electron chi connectivity index (χ3n) is 5.75. The predicted octanol–water partition coefficient (Wildman–Crippen LogP) is 3.89. The molecule has 168 valence electrons. The summed E-state index contributed by atoms with van der Waals surface area (Å²) in [6.45, 7) is 5.44. The van der Waals surface area contributed by atoms with Crippen molar-refractivity contribution < 1.29 is 9.53 Å². The SMILES string of the molecule is COCCN(C)C1CCN(C(=O)c2ncnc(NCc3ccc(Cl)c(Cl)c3)c2C)CC1. The number of piperidine rings is 1. The van der Waals surface area contributed by atoms with Crippen LogP contribution in [0.5, 0.6) is 0 Å². The van der Waals surface area contributed by atoms with Gasteiger partial charge in [0.1, 0.15) is 17.8 Å². The minimum Gasteiger partial charge on any atom is -0.383 e. The van der Waals surface area contributed by atoms with E-state index in [1.807, 2.05) is 24.0 Å². The van der Waals surface area contributed by atoms with Gasteiger partial charge in [-0.05, 0) is 44.5 Å². The third kappa shape index (κ3) is 6.07. The molecule has 1 N–H and O–H groups in total. The van der Waals surface area contributed by atoms with Gasteiger partial charge in [0.25, 0.3) is 5.91 Å². The standard InChI is InChI=1S/C22H29Cl2N5O2/c1-15-20(22(30)29-8-6-17(7-9-29)28(2)10-11-31-3)26-14-27-21(15)25-13-16-4-5-18(23)19(24)12-16/h4-5,12,14,17H,6-11,13H2,1-3H3,(H,25,26,27). The van der Waals surface area contributed by atoms with E-state index in [4.69, 9.17) is 27.9 Å². The van der Waals surface area contributed by atoms with Crippen LogP contribution in [0.3, 0.4) is 0 Å². The van der Waals surface area contributed by atoms with Crippen molar-refractivity contribution in [1.82, 2.24) is 19.8 Å². The van der Waals surface area contributed by atoms with Gasteiger partial charge < -0.3 is 19.9 Å². The van der Waals surface area contributed by atoms with E-state index in [9.17, 15) is 4.79 Å². The van der Waals surface area contributed by atoms with Gasteiger partial charge in [0.2, 0.25) is 0 Å². The molecular formula is C22H29Cl2N5O2. The van der Waals surface area contributed by atoms with Crippen LogP contribution in [-0.4, -0.2) is 72.1 Å². The third-order valence-corrected chi connectivity index (χ3v) is 6.49. The maximum atomic E-state index is 13.1. The van der Waals surface area contributed by atoms with Gasteiger partial charge in [0.15, 0.2) is 0 Å². The second-order valence-corrected chi connectivity index (χ2v) is 8.61. The molecule has 1 aliphatic heterocycles. The normalized spacial score (nSPS) is 14.8. The fourth-order valence-electron chi connectivity index (χ4n) is 3.76. The molecule has 0 aliphatic carbocycles. The van der Waals surface area contributed by atoms with Crippen LogP contribution >= 0.6 is 23.2 Å². The molecular weight excluding hydrogens is 437 g/mol. The number of carbonyl (C=O) groups is 1. The van der Waals surface area contributed by atoms with Crippen molar-refractivity contribution in [3.8, 4) is 0 Å². The predicted molar refractivity (Wildman–Crippen MR) is 124 cm³/mol. The molecule has 1 amide bonds. The maximum Gasteiger partial charge on any atom is 0.272 e. The van der Waals surface area contributed by atoms with Gasteiger partial charge in [0, 0.05) is 44.9 Å². The summed E-state index contributed by atoms with van der Waals surface area (Å²) in [4.78, 5) is 25.9. The largest absolute Gasteiger partial charge is 0.383 e. The molecule has 0 unspecified atom stereocenters. The van der Waals surface area contributed by atoms with Crippen molar-refractivity contribution in [3.05, 3.63) is 51.4 Å². The van der Waals surface area contributed by atoms with E-state index in [2.05, 4.69) is 27.2 Å². The molecule has 0 radical (unpaired) electrons. The Morgan fingerprint density at radius 3 is 2.68 bits per heavy atom. The zero-order valence-corrected chi connectivity index (χ0v) is 19.7. The van der Waals surface area contributed by atoms with Crippen LogP contribution < -0.4 is 5.32 Å². The highest BCUT2D eigenvalue weighted by molar-refractivity contribution is 6.42. The number of amides is 1. The number of methoxy groups -OCH3 is 1. The Kier molecular flexibility index (Phi) is 8.49. The van der Waals surface area contributed by atoms with E-state index < -0.39 is 0 Å². The van der Waals surface area contributed by atoms with Gasteiger partial charge >= 0.3 is 0 Å². The second kappa shape index (κ2) is 11.1. The molecule has 1 fully saturated rings. The molecule has 3 rings (SSSR count). The van der Waals surface area contributed by atoms with Crippen LogP contribution in [0.15, 0.2) is 24.5 Å². The Morgan fingerprint density at radius 2 is 2.00 bits per heavy atom. The van der Waals surface area contributed by atoms with Crippen LogP contribution in [-0.2, 0) is 11.3 Å². The summed E-state index contributed by atoms with van der Waals surface area (Å²) in [6.07, 6.45) is 3.32. The highest BCUT2D eigenvalue weighted by atomic mass is 35.5. The van der Waals surface area contributed by atoms with E-state index in [-0.39, 0.29) is 5.91 Å². The number of hydrogen-bond donors (Lipinski definition) is 1. The van der Waals surface area contributed by atoms with Crippen molar-refractivity contribution in [3.63, 3.8) is 0 Å². The van der Waals surface area contributed by atoms with Gasteiger partial charge in [-0.1, -0.05) is 29.3 Å². The quantitative estimate of drug-likeness (QED) is 0.637. The van der Waals surface area contributed by atoms with Crippen molar-refractivity contribution in [1.29, 1.82) is 0 Å². The van der Waals surface area contributed by atoms with Gasteiger partial charge in [-0.15, -0.1) is 0 Å². The molecule has 1 aromatic heterocycles. The first-order valence-corrected chi connectivity index (χ1v) is 11.1. The number of likely N-dealkylation sites (N-methyl/N-ethyl adjacent to an activating group) is 1. The fraction of sp³-hybridized carbons (Fsp3) is 0.500. The number of aromatic nitrogens is 2. The minimum absolute atomic E-state index is 0.0459. The van der Waals surface area contributed by atoms with Gasteiger partial charge in [-0.3, -0.25) is 4.79 Å². The van der Waals surface area contributed by atoms with Crippen LogP contribution in [0.1, 0.15) is 34.5 Å². The summed E-state index contributed by atoms with van der Waals surface area (Å²) in [5.74, 6) is 0.592. The van der Waals surface area contributed by atoms with E-state index in [0.29, 0.717) is 40.8 Å². The molecule has 2 aromatic rings. The number of halogens is 2. The van der Waals surface area contributed by atoms with Crippen LogP contribution in [0.4, 0.5) is 5.82 Å². The number of carbonyl (C=O) groups excluding carboxylic acids is 1. The maximum absolute atomic E-state index is 13.1. The highest BCUT2D eigenvalue weighted by Gasteiger charge is 2.27. The zero-order valence-electron chi connectivity index (χ0n) is 18.2. The summed E-state index contributed by atoms with van der Waals surface area (Å²) in [6, 6.07) is 5.94. The molecule has 7 nitrogen and oxygen atoms in total. The van der Waals surface area contributed by atoms with Crippen LogP contribution in [0.2, 0.25) is 10.0 Å². The van der Waals surface area contributed by atoms with E-state index in [1.54, 1.807) is 13.2 Å². The molecule has 1 saturated heterocycles. The summed E-state index contributed by atoms with van der Waals surface area (Å²) in [5, 5.41) is 4.30. The van der Waals surface area contributed by atoms with Gasteiger partial charge in [-0.25, -0.2) is 9.97 Å². The first-order valence-electron chi connectivity index (χ1n) is 10.4. The average Bonchev–Trinajstić information content (AvgIpc) is 2.78. The fourth-order valence-corrected chi connectivity index (χ4v) is 4.08. The Bertz CT molecular complexity index is 903. The van der Waals surface area contributed by atoms with E-state index in [1.165, 1.54) is 6.33 Å². The first-order chi connectivity index (χ1) is 14.9. The van der Waals surface area contributed by atoms with Crippen molar-refractivity contribution in [2.24, 2.45) is 0 Å². The van der Waals surface area contributed by atoms with Gasteiger partial charge in [-0.2, -0.15) is 0 Å². The summed E-state index contributed by atoms with van der Waals surface area (Å²) in [5.41, 5.74) is 2.16. The van der Waals surface area contributed by atoms with E-state index >= 15 is 0 Å². The molecule has 0 bridgehead atoms. The van der Waals surface area contributed by atoms with Crippen molar-refractivity contribution in [2.45, 2.75) is 32.4 Å². The lowest BCUT2D eigenvalue weighted by Crippen LogP contribution is -2.46. The number of hydrogen-bond acceptors (Lipinski definition) is 6. The molecule has 0 atom stereocenters. The lowest BCUT2D eigenvalue weighted by Gasteiger charge is -2.36. The summed E-state index contributed by atoms with van der Waals surface area (Å²) >= 11 is 12.1. The van der Waals surface area contributed by atoms with E-state index in [0.717, 1.165) is 43.6 Å². The molecule has 2 heterocycles. The van der Waals surface area contributed by atoms with Gasteiger partial charge in [0.05, 0.1) is 16.7 Å². The lowest BCUT2D eigenvalue weighted by atomic mass is 10.0. The smallest absolute Gasteiger partial charge is 0.272 e. The first kappa shape index (κ1) is 23.7. The number of rotatable bonds is 8. The minimum atomic E-state index is -0.0459. The molecule has 0 spiro atoms. The lowest BCUT2D eigenvalue weighted by molar-refractivity contribution is 0.0607. The number of benzene rings is 1. The average molecular weight is 466 g/mol. The van der Waals surface area contributed by atoms with Crippen molar-refractivity contribution >= 4 is 34.9 Å². The highest BCUT2D eigenvalue weighted by Crippen LogP contribution is 2.24. The van der Waals surface area contributed by atoms with Crippen molar-refractivity contribution in [2.75, 3.05) is 45.7 Å². The van der Waals surface area contributed by atoms with Crippen LogP contribution in [0.25, 0.3) is 0 Å². The monoisotopic (exact) mass is 465 g/mol. The molecule has 0 saturated carbocycles. The molecule has 1 aromatic carbocycles. The van der Waals surface area contributed by atoms with Crippen LogP contribution in [0, 0.1) is 6.92 Å². The summed E-state index contributed by atoms with van der Waals surface area (Å²) < 4.78 is 5.17.